The van der Waals surface area contributed by atoms with Crippen LogP contribution in [0.15, 0.2) is 17.1 Å². The maximum atomic E-state index is 5.38. The number of halogens is 1. The highest BCUT2D eigenvalue weighted by molar-refractivity contribution is 14.1. The molecule has 0 aromatic heterocycles. The average Bonchev–Trinajstić information content (AvgIpc) is 2.03. The summed E-state index contributed by atoms with van der Waals surface area (Å²) < 4.78 is 6.41. The third-order valence-electron chi connectivity index (χ3n) is 1.20. The molecule has 0 radical (unpaired) electrons. The van der Waals surface area contributed by atoms with Gasteiger partial charge in [0.15, 0.2) is 6.23 Å². The molecule has 0 spiro atoms. The van der Waals surface area contributed by atoms with Gasteiger partial charge in [-0.25, -0.2) is 0 Å². The average molecular weight is 251 g/mol. The molecule has 1 aliphatic heterocycles. The van der Waals surface area contributed by atoms with Crippen molar-refractivity contribution in [3.05, 3.63) is 12.2 Å². The predicted octanol–water partition coefficient (Wildman–Crippen LogP) is 1.79. The number of aliphatic imine (C=N–C) groups is 1. The molecule has 0 aromatic rings. The molecule has 0 saturated carbocycles. The van der Waals surface area contributed by atoms with Gasteiger partial charge in [0.1, 0.15) is 0 Å². The van der Waals surface area contributed by atoms with Crippen LogP contribution in [0, 0.1) is 0 Å². The minimum absolute atomic E-state index is 0.0831. The summed E-state index contributed by atoms with van der Waals surface area (Å²) in [5.41, 5.74) is 0. The number of nitrogens with zero attached hydrogens (tertiary/aromatic N) is 1. The summed E-state index contributed by atoms with van der Waals surface area (Å²) in [4.78, 5) is 4.13. The molecule has 1 heterocycles. The van der Waals surface area contributed by atoms with Crippen molar-refractivity contribution in [2.24, 2.45) is 4.99 Å². The largest absolute Gasteiger partial charge is 0.355 e. The zero-order valence-corrected chi connectivity index (χ0v) is 7.82. The van der Waals surface area contributed by atoms with Crippen LogP contribution in [0.3, 0.4) is 0 Å². The predicted molar refractivity (Wildman–Crippen MR) is 50.9 cm³/mol. The van der Waals surface area contributed by atoms with Gasteiger partial charge in [-0.1, -0.05) is 28.7 Å². The summed E-state index contributed by atoms with van der Waals surface area (Å²) in [6.45, 7) is 0.802. The highest BCUT2D eigenvalue weighted by atomic mass is 127. The number of alkyl halides is 1. The van der Waals surface area contributed by atoms with Crippen LogP contribution < -0.4 is 0 Å². The fourth-order valence-corrected chi connectivity index (χ4v) is 1.01. The third kappa shape index (κ3) is 2.79. The Labute approximate surface area is 74.5 Å². The van der Waals surface area contributed by atoms with Crippen LogP contribution in [0.25, 0.3) is 0 Å². The number of hydrogen-bond acceptors (Lipinski definition) is 2. The maximum Gasteiger partial charge on any atom is 0.151 e. The van der Waals surface area contributed by atoms with Gasteiger partial charge in [0.05, 0.1) is 6.61 Å². The van der Waals surface area contributed by atoms with Crippen molar-refractivity contribution >= 4 is 28.8 Å². The van der Waals surface area contributed by atoms with E-state index in [1.54, 1.807) is 6.21 Å². The lowest BCUT2D eigenvalue weighted by Crippen LogP contribution is -2.12. The molecule has 0 saturated heterocycles. The molecule has 1 atom stereocenters. The molecule has 0 aliphatic carbocycles. The molecule has 1 unspecified atom stereocenters. The van der Waals surface area contributed by atoms with Crippen molar-refractivity contribution < 1.29 is 4.74 Å². The summed E-state index contributed by atoms with van der Waals surface area (Å²) in [5, 5.41) is 0. The van der Waals surface area contributed by atoms with Crippen LogP contribution in [0.2, 0.25) is 0 Å². The van der Waals surface area contributed by atoms with Crippen molar-refractivity contribution in [1.82, 2.24) is 0 Å². The van der Waals surface area contributed by atoms with Crippen molar-refractivity contribution in [3.8, 4) is 0 Å². The molecule has 56 valence electrons. The van der Waals surface area contributed by atoms with Gasteiger partial charge in [0.25, 0.3) is 0 Å². The van der Waals surface area contributed by atoms with Gasteiger partial charge < -0.3 is 4.74 Å². The molecule has 1 aliphatic rings. The van der Waals surface area contributed by atoms with Crippen LogP contribution in [0.5, 0.6) is 0 Å². The van der Waals surface area contributed by atoms with Gasteiger partial charge in [0.2, 0.25) is 0 Å². The Morgan fingerprint density at radius 2 is 2.60 bits per heavy atom. The standard InChI is InChI=1S/C7H10INO/c8-4-6-10-7-3-1-2-5-9-7/h1-2,5,7H,3-4,6H2. The van der Waals surface area contributed by atoms with E-state index in [1.807, 2.05) is 6.08 Å². The summed E-state index contributed by atoms with van der Waals surface area (Å²) >= 11 is 2.29. The molecule has 0 fully saturated rings. The SMILES string of the molecule is ICCOC1CC=CC=N1. The Hall–Kier alpha value is 0.1000. The topological polar surface area (TPSA) is 21.6 Å². The number of dihydropyridines is 1. The van der Waals surface area contributed by atoms with Gasteiger partial charge in [-0.2, -0.15) is 0 Å². The van der Waals surface area contributed by atoms with Crippen molar-refractivity contribution in [2.75, 3.05) is 11.0 Å². The molecule has 0 amide bonds. The Balaban J connectivity index is 2.17. The first kappa shape index (κ1) is 8.20. The Kier molecular flexibility index (Phi) is 3.97. The minimum atomic E-state index is 0.0831. The quantitative estimate of drug-likeness (QED) is 0.553. The lowest BCUT2D eigenvalue weighted by atomic mass is 10.3. The van der Waals surface area contributed by atoms with Crippen LogP contribution in [0.4, 0.5) is 0 Å². The molecule has 0 bridgehead atoms. The molecule has 0 aromatic carbocycles. The second kappa shape index (κ2) is 4.85. The zero-order chi connectivity index (χ0) is 7.23. The van der Waals surface area contributed by atoms with Gasteiger partial charge in [-0.3, -0.25) is 4.99 Å². The summed E-state index contributed by atoms with van der Waals surface area (Å²) in [6, 6.07) is 0. The van der Waals surface area contributed by atoms with Crippen molar-refractivity contribution in [2.45, 2.75) is 12.6 Å². The van der Waals surface area contributed by atoms with E-state index in [1.165, 1.54) is 0 Å². The first-order chi connectivity index (χ1) is 4.93. The second-order valence-corrected chi connectivity index (χ2v) is 3.06. The fraction of sp³-hybridized carbons (Fsp3) is 0.571. The summed E-state index contributed by atoms with van der Waals surface area (Å²) in [5.74, 6) is 0. The first-order valence-corrected chi connectivity index (χ1v) is 4.82. The smallest absolute Gasteiger partial charge is 0.151 e. The zero-order valence-electron chi connectivity index (χ0n) is 5.66. The highest BCUT2D eigenvalue weighted by Crippen LogP contribution is 2.04. The van der Waals surface area contributed by atoms with E-state index in [2.05, 4.69) is 33.7 Å². The molecular weight excluding hydrogens is 241 g/mol. The van der Waals surface area contributed by atoms with E-state index in [9.17, 15) is 0 Å². The van der Waals surface area contributed by atoms with Crippen LogP contribution in [-0.2, 0) is 4.74 Å². The molecule has 1 rings (SSSR count). The minimum Gasteiger partial charge on any atom is -0.355 e. The Morgan fingerprint density at radius 3 is 3.20 bits per heavy atom. The second-order valence-electron chi connectivity index (χ2n) is 1.98. The lowest BCUT2D eigenvalue weighted by Gasteiger charge is -2.11. The molecule has 0 N–H and O–H groups in total. The molecule has 2 nitrogen and oxygen atoms in total. The van der Waals surface area contributed by atoms with Gasteiger partial charge in [0, 0.05) is 17.1 Å². The van der Waals surface area contributed by atoms with E-state index in [4.69, 9.17) is 4.74 Å². The van der Waals surface area contributed by atoms with E-state index < -0.39 is 0 Å². The van der Waals surface area contributed by atoms with Gasteiger partial charge >= 0.3 is 0 Å². The Bertz CT molecular complexity index is 145. The third-order valence-corrected chi connectivity index (χ3v) is 1.64. The highest BCUT2D eigenvalue weighted by Gasteiger charge is 2.03. The number of rotatable bonds is 3. The molecular formula is C7H10INO. The summed E-state index contributed by atoms with van der Waals surface area (Å²) in [6.07, 6.45) is 6.82. The van der Waals surface area contributed by atoms with E-state index in [0.29, 0.717) is 0 Å². The molecule has 10 heavy (non-hydrogen) atoms. The van der Waals surface area contributed by atoms with Crippen molar-refractivity contribution in [1.29, 1.82) is 0 Å². The van der Waals surface area contributed by atoms with Crippen molar-refractivity contribution in [3.63, 3.8) is 0 Å². The number of ether oxygens (including phenoxy) is 1. The normalized spacial score (nSPS) is 23.5. The monoisotopic (exact) mass is 251 g/mol. The van der Waals surface area contributed by atoms with Crippen LogP contribution in [0.1, 0.15) is 6.42 Å². The molecule has 3 heteroatoms. The summed E-state index contributed by atoms with van der Waals surface area (Å²) in [7, 11) is 0. The van der Waals surface area contributed by atoms with E-state index in [-0.39, 0.29) is 6.23 Å². The van der Waals surface area contributed by atoms with E-state index >= 15 is 0 Å². The first-order valence-electron chi connectivity index (χ1n) is 3.29. The Morgan fingerprint density at radius 1 is 1.70 bits per heavy atom. The van der Waals surface area contributed by atoms with Crippen LogP contribution in [-0.4, -0.2) is 23.5 Å². The van der Waals surface area contributed by atoms with Crippen LogP contribution >= 0.6 is 22.6 Å². The number of hydrogen-bond donors (Lipinski definition) is 0. The number of allylic oxidation sites excluding steroid dienone is 1. The van der Waals surface area contributed by atoms with E-state index in [0.717, 1.165) is 17.5 Å². The lowest BCUT2D eigenvalue weighted by molar-refractivity contribution is 0.0747. The van der Waals surface area contributed by atoms with Gasteiger partial charge in [-0.05, 0) is 6.08 Å². The van der Waals surface area contributed by atoms with Gasteiger partial charge in [-0.15, -0.1) is 0 Å². The maximum absolute atomic E-state index is 5.38. The fourth-order valence-electron chi connectivity index (χ4n) is 0.754.